The summed E-state index contributed by atoms with van der Waals surface area (Å²) in [4.78, 5) is 36.8. The van der Waals surface area contributed by atoms with Crippen molar-refractivity contribution in [2.45, 2.75) is 44.1 Å². The fourth-order valence-corrected chi connectivity index (χ4v) is 3.39. The van der Waals surface area contributed by atoms with E-state index in [0.29, 0.717) is 18.5 Å². The van der Waals surface area contributed by atoms with Crippen LogP contribution in [0, 0.1) is 0 Å². The van der Waals surface area contributed by atoms with Crippen LogP contribution in [0.4, 0.5) is 13.2 Å². The van der Waals surface area contributed by atoms with E-state index < -0.39 is 35.0 Å². The summed E-state index contributed by atoms with van der Waals surface area (Å²) in [5.74, 6) is -1.25. The van der Waals surface area contributed by atoms with Gasteiger partial charge in [-0.15, -0.1) is 0 Å². The van der Waals surface area contributed by atoms with Gasteiger partial charge in [0, 0.05) is 12.4 Å². The average molecular weight is 501 g/mol. The number of ether oxygens (including phenoxy) is 1. The molecular weight excluding hydrogens is 479 g/mol. The molecular formula is C24H22F3N5O4. The number of aliphatic hydroxyl groups excluding tert-OH is 1. The second-order valence-electron chi connectivity index (χ2n) is 8.33. The van der Waals surface area contributed by atoms with Crippen molar-refractivity contribution in [3.05, 3.63) is 77.6 Å². The van der Waals surface area contributed by atoms with E-state index in [9.17, 15) is 27.9 Å². The number of hydrogen-bond acceptors (Lipinski definition) is 7. The Morgan fingerprint density at radius 1 is 1.14 bits per heavy atom. The van der Waals surface area contributed by atoms with Gasteiger partial charge in [-0.3, -0.25) is 19.6 Å². The fraction of sp³-hybridized carbons (Fsp3) is 0.292. The summed E-state index contributed by atoms with van der Waals surface area (Å²) in [5.41, 5.74) is -1.39. The van der Waals surface area contributed by atoms with E-state index in [2.05, 4.69) is 25.6 Å². The van der Waals surface area contributed by atoms with Crippen LogP contribution in [-0.2, 0) is 17.5 Å². The van der Waals surface area contributed by atoms with Crippen LogP contribution in [0.25, 0.3) is 0 Å². The average Bonchev–Trinajstić information content (AvgIpc) is 3.64. The molecule has 1 saturated carbocycles. The highest BCUT2D eigenvalue weighted by atomic mass is 19.4. The first-order valence-electron chi connectivity index (χ1n) is 11.0. The zero-order chi connectivity index (χ0) is 25.9. The van der Waals surface area contributed by atoms with Crippen molar-refractivity contribution >= 4 is 11.8 Å². The van der Waals surface area contributed by atoms with Crippen LogP contribution in [0.15, 0.2) is 55.1 Å². The Kier molecular flexibility index (Phi) is 6.88. The number of alkyl halides is 3. The molecule has 4 rings (SSSR count). The molecule has 2 aromatic heterocycles. The second kappa shape index (κ2) is 9.90. The lowest BCUT2D eigenvalue weighted by Gasteiger charge is -2.17. The molecule has 1 aliphatic rings. The van der Waals surface area contributed by atoms with Gasteiger partial charge in [0.25, 0.3) is 5.91 Å². The minimum Gasteiger partial charge on any atom is -0.455 e. The molecule has 12 heteroatoms. The molecule has 1 fully saturated rings. The van der Waals surface area contributed by atoms with Crippen molar-refractivity contribution in [3.8, 4) is 11.5 Å². The Morgan fingerprint density at radius 2 is 1.92 bits per heavy atom. The minimum atomic E-state index is -4.68. The minimum absolute atomic E-state index is 0.0404. The molecule has 0 bridgehead atoms. The van der Waals surface area contributed by atoms with Gasteiger partial charge >= 0.3 is 6.18 Å². The third-order valence-corrected chi connectivity index (χ3v) is 5.58. The Hall–Kier alpha value is -4.06. The molecule has 1 unspecified atom stereocenters. The van der Waals surface area contributed by atoms with Crippen molar-refractivity contribution < 1.29 is 32.6 Å². The smallest absolute Gasteiger partial charge is 0.419 e. The van der Waals surface area contributed by atoms with Gasteiger partial charge < -0.3 is 20.5 Å². The number of halogens is 3. The van der Waals surface area contributed by atoms with Crippen LogP contribution in [0.1, 0.15) is 53.2 Å². The van der Waals surface area contributed by atoms with Gasteiger partial charge in [0.1, 0.15) is 22.7 Å². The Labute approximate surface area is 203 Å². The number of benzene rings is 1. The maximum Gasteiger partial charge on any atom is 0.419 e. The van der Waals surface area contributed by atoms with Gasteiger partial charge in [-0.1, -0.05) is 6.07 Å². The van der Waals surface area contributed by atoms with Crippen molar-refractivity contribution in [2.24, 2.45) is 0 Å². The third kappa shape index (κ3) is 5.77. The molecule has 36 heavy (non-hydrogen) atoms. The van der Waals surface area contributed by atoms with Gasteiger partial charge in [-0.2, -0.15) is 13.2 Å². The van der Waals surface area contributed by atoms with Gasteiger partial charge in [0.05, 0.1) is 36.3 Å². The lowest BCUT2D eigenvalue weighted by molar-refractivity contribution is -0.138. The summed E-state index contributed by atoms with van der Waals surface area (Å²) in [6, 6.07) is 6.27. The number of nitrogens with zero attached hydrogens (tertiary/aromatic N) is 3. The highest BCUT2D eigenvalue weighted by Crippen LogP contribution is 2.39. The SMILES string of the molecule is CC(O)c1ccc(Oc2ccc(CNC(=O)C3(NC(=O)c4cnccn4)CC3)nc2)c(C(F)(F)F)c1. The molecule has 0 saturated heterocycles. The van der Waals surface area contributed by atoms with Crippen LogP contribution in [0.5, 0.6) is 11.5 Å². The highest BCUT2D eigenvalue weighted by Gasteiger charge is 2.51. The Bertz CT molecular complexity index is 1250. The summed E-state index contributed by atoms with van der Waals surface area (Å²) in [5, 5.41) is 15.0. The van der Waals surface area contributed by atoms with Crippen LogP contribution in [0.3, 0.4) is 0 Å². The van der Waals surface area contributed by atoms with E-state index in [4.69, 9.17) is 4.74 Å². The van der Waals surface area contributed by atoms with Crippen molar-refractivity contribution in [1.29, 1.82) is 0 Å². The van der Waals surface area contributed by atoms with Crippen LogP contribution >= 0.6 is 0 Å². The highest BCUT2D eigenvalue weighted by molar-refractivity contribution is 5.99. The van der Waals surface area contributed by atoms with Gasteiger partial charge in [0.2, 0.25) is 5.91 Å². The summed E-state index contributed by atoms with van der Waals surface area (Å²) >= 11 is 0. The zero-order valence-corrected chi connectivity index (χ0v) is 19.0. The molecule has 0 spiro atoms. The first kappa shape index (κ1) is 25.0. The second-order valence-corrected chi connectivity index (χ2v) is 8.33. The Morgan fingerprint density at radius 3 is 2.50 bits per heavy atom. The molecule has 1 aromatic carbocycles. The van der Waals surface area contributed by atoms with Crippen LogP contribution < -0.4 is 15.4 Å². The number of hydrogen-bond donors (Lipinski definition) is 3. The predicted octanol–water partition coefficient (Wildman–Crippen LogP) is 3.31. The van der Waals surface area contributed by atoms with E-state index in [1.165, 1.54) is 49.9 Å². The lowest BCUT2D eigenvalue weighted by atomic mass is 10.1. The lowest BCUT2D eigenvalue weighted by Crippen LogP contribution is -2.49. The fourth-order valence-electron chi connectivity index (χ4n) is 3.39. The molecule has 188 valence electrons. The maximum atomic E-state index is 13.5. The number of aliphatic hydroxyl groups is 1. The molecule has 0 radical (unpaired) electrons. The van der Waals surface area contributed by atoms with Gasteiger partial charge in [-0.25, -0.2) is 4.98 Å². The van der Waals surface area contributed by atoms with Crippen molar-refractivity contribution in [3.63, 3.8) is 0 Å². The van der Waals surface area contributed by atoms with E-state index in [1.807, 2.05) is 0 Å². The molecule has 2 amide bonds. The molecule has 3 N–H and O–H groups in total. The van der Waals surface area contributed by atoms with E-state index in [0.717, 1.165) is 12.1 Å². The first-order valence-corrected chi connectivity index (χ1v) is 11.0. The Balaban J connectivity index is 1.36. The standard InChI is InChI=1S/C24H22F3N5O4/c1-14(33)15-2-5-20(18(10-15)24(25,26)27)36-17-4-3-16(30-12-17)11-31-22(35)23(6-7-23)32-21(34)19-13-28-8-9-29-19/h2-5,8-10,12-14,33H,6-7,11H2,1H3,(H,31,35)(H,32,34). The number of amides is 2. The topological polar surface area (TPSA) is 126 Å². The molecule has 1 atom stereocenters. The number of nitrogens with one attached hydrogen (secondary N) is 2. The third-order valence-electron chi connectivity index (χ3n) is 5.58. The van der Waals surface area contributed by atoms with Crippen LogP contribution in [-0.4, -0.2) is 37.4 Å². The molecule has 0 aliphatic heterocycles. The quantitative estimate of drug-likeness (QED) is 0.432. The van der Waals surface area contributed by atoms with Gasteiger partial charge in [0.15, 0.2) is 0 Å². The first-order chi connectivity index (χ1) is 17.1. The molecule has 2 heterocycles. The maximum absolute atomic E-state index is 13.5. The van der Waals surface area contributed by atoms with E-state index in [1.54, 1.807) is 0 Å². The number of carbonyl (C=O) groups excluding carboxylic acids is 2. The van der Waals surface area contributed by atoms with Crippen molar-refractivity contribution in [1.82, 2.24) is 25.6 Å². The molecule has 9 nitrogen and oxygen atoms in total. The van der Waals surface area contributed by atoms with E-state index >= 15 is 0 Å². The predicted molar refractivity (Wildman–Crippen MR) is 120 cm³/mol. The number of rotatable bonds is 8. The summed E-state index contributed by atoms with van der Waals surface area (Å²) in [6.07, 6.45) is 0.555. The van der Waals surface area contributed by atoms with Crippen molar-refractivity contribution in [2.75, 3.05) is 0 Å². The normalized spacial score (nSPS) is 15.0. The zero-order valence-electron chi connectivity index (χ0n) is 19.0. The van der Waals surface area contributed by atoms with E-state index in [-0.39, 0.29) is 29.5 Å². The summed E-state index contributed by atoms with van der Waals surface area (Å²) in [6.45, 7) is 1.41. The number of pyridine rings is 1. The summed E-state index contributed by atoms with van der Waals surface area (Å²) in [7, 11) is 0. The monoisotopic (exact) mass is 501 g/mol. The number of carbonyl (C=O) groups is 2. The largest absolute Gasteiger partial charge is 0.455 e. The summed E-state index contributed by atoms with van der Waals surface area (Å²) < 4.78 is 45.8. The number of aromatic nitrogens is 3. The van der Waals surface area contributed by atoms with Crippen LogP contribution in [0.2, 0.25) is 0 Å². The molecule has 1 aliphatic carbocycles. The van der Waals surface area contributed by atoms with Gasteiger partial charge in [-0.05, 0) is 49.6 Å². The molecule has 3 aromatic rings.